The molecule has 2 aliphatic carbocycles. The Labute approximate surface area is 193 Å². The van der Waals surface area contributed by atoms with Crippen molar-refractivity contribution in [3.8, 4) is 0 Å². The Hall–Kier alpha value is -1.38. The number of aliphatic hydroxyl groups is 1. The van der Waals surface area contributed by atoms with Crippen LogP contribution in [0, 0.1) is 29.1 Å². The molecular formula is C24H44N4O4. The molecule has 1 heterocycles. The standard InChI is InChI=1S/C24H44N4O4/c1-5-25-23(31)27-19-7-9-24(4)8-6-18(21(29)20(24)17(19)3)16(2)22(30)26-10-11-28-12-14-32-15-13-28/h16-21,29H,5-15H2,1-4H3,(H,26,30)(H2,25,27,31)/t16-,17+,18+,19-,20+,21-,24-/m0/s1. The molecule has 4 N–H and O–H groups in total. The first kappa shape index (κ1) is 25.2. The van der Waals surface area contributed by atoms with E-state index in [4.69, 9.17) is 4.74 Å². The van der Waals surface area contributed by atoms with Crippen LogP contribution in [0.4, 0.5) is 4.79 Å². The largest absolute Gasteiger partial charge is 0.392 e. The molecule has 0 aromatic heterocycles. The lowest BCUT2D eigenvalue weighted by molar-refractivity contribution is -0.141. The number of hydrogen-bond donors (Lipinski definition) is 4. The smallest absolute Gasteiger partial charge is 0.315 e. The molecule has 0 aromatic carbocycles. The van der Waals surface area contributed by atoms with E-state index in [1.54, 1.807) is 0 Å². The second-order valence-corrected chi connectivity index (χ2v) is 10.4. The van der Waals surface area contributed by atoms with E-state index in [0.29, 0.717) is 13.1 Å². The van der Waals surface area contributed by atoms with Crippen molar-refractivity contribution in [1.29, 1.82) is 0 Å². The van der Waals surface area contributed by atoms with Crippen molar-refractivity contribution in [2.45, 2.75) is 65.5 Å². The van der Waals surface area contributed by atoms with Crippen LogP contribution in [-0.2, 0) is 9.53 Å². The second-order valence-electron chi connectivity index (χ2n) is 10.4. The molecule has 0 unspecified atom stereocenters. The van der Waals surface area contributed by atoms with Gasteiger partial charge in [-0.1, -0.05) is 20.8 Å². The summed E-state index contributed by atoms with van der Waals surface area (Å²) in [5, 5.41) is 20.5. The highest BCUT2D eigenvalue weighted by Gasteiger charge is 2.53. The molecule has 0 radical (unpaired) electrons. The highest BCUT2D eigenvalue weighted by atomic mass is 16.5. The zero-order valence-corrected chi connectivity index (χ0v) is 20.4. The SMILES string of the molecule is CCNC(=O)N[C@H]1CC[C@]2(C)CC[C@H]([C@H](C)C(=O)NCCN3CCOCC3)[C@H](O)[C@H]2[C@@H]1C. The number of ether oxygens (including phenoxy) is 1. The van der Waals surface area contributed by atoms with Crippen LogP contribution < -0.4 is 16.0 Å². The number of carbonyl (C=O) groups is 2. The summed E-state index contributed by atoms with van der Waals surface area (Å²) in [4.78, 5) is 27.3. The van der Waals surface area contributed by atoms with Crippen LogP contribution >= 0.6 is 0 Å². The van der Waals surface area contributed by atoms with Gasteiger partial charge in [-0.3, -0.25) is 9.69 Å². The van der Waals surface area contributed by atoms with Crippen LogP contribution in [0.5, 0.6) is 0 Å². The van der Waals surface area contributed by atoms with Crippen LogP contribution in [0.3, 0.4) is 0 Å². The molecule has 3 amide bonds. The molecule has 8 heteroatoms. The predicted octanol–water partition coefficient (Wildman–Crippen LogP) is 1.58. The van der Waals surface area contributed by atoms with Crippen LogP contribution in [0.2, 0.25) is 0 Å². The van der Waals surface area contributed by atoms with E-state index < -0.39 is 6.10 Å². The number of hydrogen-bond acceptors (Lipinski definition) is 5. The lowest BCUT2D eigenvalue weighted by atomic mass is 9.52. The Balaban J connectivity index is 1.57. The number of carbonyl (C=O) groups excluding carboxylic acids is 2. The Morgan fingerprint density at radius 3 is 2.56 bits per heavy atom. The lowest BCUT2D eigenvalue weighted by Gasteiger charge is -2.56. The maximum Gasteiger partial charge on any atom is 0.315 e. The van der Waals surface area contributed by atoms with Crippen LogP contribution in [-0.4, -0.2) is 80.0 Å². The summed E-state index contributed by atoms with van der Waals surface area (Å²) < 4.78 is 5.37. The molecule has 7 atom stereocenters. The summed E-state index contributed by atoms with van der Waals surface area (Å²) in [6.45, 7) is 13.7. The minimum Gasteiger partial charge on any atom is -0.392 e. The van der Waals surface area contributed by atoms with E-state index in [1.807, 2.05) is 13.8 Å². The number of amides is 3. The normalized spacial score (nSPS) is 36.6. The van der Waals surface area contributed by atoms with Gasteiger partial charge in [0.2, 0.25) is 5.91 Å². The average molecular weight is 453 g/mol. The third-order valence-corrected chi connectivity index (χ3v) is 8.43. The molecule has 0 bridgehead atoms. The van der Waals surface area contributed by atoms with Gasteiger partial charge in [0.1, 0.15) is 0 Å². The fraction of sp³-hybridized carbons (Fsp3) is 0.917. The molecule has 0 spiro atoms. The Kier molecular flexibility index (Phi) is 8.81. The van der Waals surface area contributed by atoms with Crippen molar-refractivity contribution in [2.75, 3.05) is 45.9 Å². The van der Waals surface area contributed by atoms with Gasteiger partial charge in [-0.15, -0.1) is 0 Å². The molecule has 2 saturated carbocycles. The second kappa shape index (κ2) is 11.2. The third-order valence-electron chi connectivity index (χ3n) is 8.43. The van der Waals surface area contributed by atoms with E-state index in [-0.39, 0.29) is 47.1 Å². The quantitative estimate of drug-likeness (QED) is 0.470. The third kappa shape index (κ3) is 5.75. The summed E-state index contributed by atoms with van der Waals surface area (Å²) in [6.07, 6.45) is 3.27. The topological polar surface area (TPSA) is 103 Å². The number of fused-ring (bicyclic) bond motifs is 1. The molecular weight excluding hydrogens is 408 g/mol. The number of nitrogens with zero attached hydrogens (tertiary/aromatic N) is 1. The van der Waals surface area contributed by atoms with Gasteiger partial charge in [-0.05, 0) is 55.8 Å². The number of morpholine rings is 1. The Morgan fingerprint density at radius 2 is 1.88 bits per heavy atom. The summed E-state index contributed by atoms with van der Waals surface area (Å²) in [5.41, 5.74) is 0.0568. The summed E-state index contributed by atoms with van der Waals surface area (Å²) in [6, 6.07) is -0.0894. The maximum atomic E-state index is 12.9. The molecule has 32 heavy (non-hydrogen) atoms. The molecule has 1 saturated heterocycles. The number of rotatable bonds is 7. The monoisotopic (exact) mass is 452 g/mol. The van der Waals surface area contributed by atoms with Gasteiger partial charge in [0.25, 0.3) is 0 Å². The van der Waals surface area contributed by atoms with E-state index in [2.05, 4.69) is 34.7 Å². The fourth-order valence-corrected chi connectivity index (χ4v) is 6.39. The van der Waals surface area contributed by atoms with Crippen molar-refractivity contribution in [2.24, 2.45) is 29.1 Å². The first-order valence-electron chi connectivity index (χ1n) is 12.6. The van der Waals surface area contributed by atoms with Crippen LogP contribution in [0.15, 0.2) is 0 Å². The first-order valence-corrected chi connectivity index (χ1v) is 12.6. The van der Waals surface area contributed by atoms with Gasteiger partial charge in [0.05, 0.1) is 19.3 Å². The molecule has 8 nitrogen and oxygen atoms in total. The van der Waals surface area contributed by atoms with Crippen LogP contribution in [0.25, 0.3) is 0 Å². The maximum absolute atomic E-state index is 12.9. The minimum atomic E-state index is -0.539. The predicted molar refractivity (Wildman–Crippen MR) is 124 cm³/mol. The Bertz CT molecular complexity index is 641. The Morgan fingerprint density at radius 1 is 1.19 bits per heavy atom. The summed E-state index contributed by atoms with van der Waals surface area (Å²) in [5.74, 6) is -0.0204. The van der Waals surface area contributed by atoms with Crippen molar-refractivity contribution < 1.29 is 19.4 Å². The van der Waals surface area contributed by atoms with Gasteiger partial charge < -0.3 is 25.8 Å². The first-order chi connectivity index (χ1) is 15.3. The minimum absolute atomic E-state index is 0.0337. The van der Waals surface area contributed by atoms with Gasteiger partial charge in [0.15, 0.2) is 0 Å². The van der Waals surface area contributed by atoms with Gasteiger partial charge in [-0.25, -0.2) is 4.79 Å². The van der Waals surface area contributed by atoms with Gasteiger partial charge in [-0.2, -0.15) is 0 Å². The van der Waals surface area contributed by atoms with Crippen molar-refractivity contribution in [3.63, 3.8) is 0 Å². The molecule has 184 valence electrons. The van der Waals surface area contributed by atoms with E-state index >= 15 is 0 Å². The number of nitrogens with one attached hydrogen (secondary N) is 3. The van der Waals surface area contributed by atoms with E-state index in [1.165, 1.54) is 0 Å². The average Bonchev–Trinajstić information content (AvgIpc) is 2.76. The van der Waals surface area contributed by atoms with Gasteiger partial charge in [0, 0.05) is 44.7 Å². The molecule has 3 fully saturated rings. The molecule has 0 aromatic rings. The zero-order valence-electron chi connectivity index (χ0n) is 20.4. The summed E-state index contributed by atoms with van der Waals surface area (Å²) >= 11 is 0. The van der Waals surface area contributed by atoms with E-state index in [9.17, 15) is 14.7 Å². The molecule has 3 rings (SSSR count). The lowest BCUT2D eigenvalue weighted by Crippen LogP contribution is -2.59. The van der Waals surface area contributed by atoms with E-state index in [0.717, 1.165) is 58.5 Å². The fourth-order valence-electron chi connectivity index (χ4n) is 6.39. The highest BCUT2D eigenvalue weighted by Crippen LogP contribution is 2.55. The highest BCUT2D eigenvalue weighted by molar-refractivity contribution is 5.78. The number of urea groups is 1. The molecule has 1 aliphatic heterocycles. The van der Waals surface area contributed by atoms with Crippen LogP contribution in [0.1, 0.15) is 53.4 Å². The molecule has 3 aliphatic rings. The number of aliphatic hydroxyl groups excluding tert-OH is 1. The summed E-state index contributed by atoms with van der Waals surface area (Å²) in [7, 11) is 0. The zero-order chi connectivity index (χ0) is 23.3. The van der Waals surface area contributed by atoms with Crippen molar-refractivity contribution in [3.05, 3.63) is 0 Å². The van der Waals surface area contributed by atoms with Gasteiger partial charge >= 0.3 is 6.03 Å². The van der Waals surface area contributed by atoms with Crippen molar-refractivity contribution >= 4 is 11.9 Å². The van der Waals surface area contributed by atoms with Crippen molar-refractivity contribution in [1.82, 2.24) is 20.9 Å².